The van der Waals surface area contributed by atoms with Crippen molar-refractivity contribution < 1.29 is 9.53 Å². The number of hydrogen-bond acceptors (Lipinski definition) is 5. The van der Waals surface area contributed by atoms with Crippen molar-refractivity contribution in [3.8, 4) is 0 Å². The van der Waals surface area contributed by atoms with Crippen molar-refractivity contribution in [2.75, 3.05) is 6.61 Å². The summed E-state index contributed by atoms with van der Waals surface area (Å²) >= 11 is 0. The lowest BCUT2D eigenvalue weighted by atomic mass is 10.4. The van der Waals surface area contributed by atoms with Crippen molar-refractivity contribution in [1.82, 2.24) is 10.2 Å². The van der Waals surface area contributed by atoms with Gasteiger partial charge in [-0.25, -0.2) is 4.79 Å². The molecule has 1 unspecified atom stereocenters. The highest BCUT2D eigenvalue weighted by atomic mass is 16.5. The van der Waals surface area contributed by atoms with Crippen molar-refractivity contribution in [3.63, 3.8) is 0 Å². The van der Waals surface area contributed by atoms with E-state index in [1.165, 1.54) is 0 Å². The van der Waals surface area contributed by atoms with E-state index in [0.717, 1.165) is 0 Å². The van der Waals surface area contributed by atoms with Crippen molar-refractivity contribution in [3.05, 3.63) is 24.3 Å². The summed E-state index contributed by atoms with van der Waals surface area (Å²) in [7, 11) is 0. The molecule has 0 fully saturated rings. The summed E-state index contributed by atoms with van der Waals surface area (Å²) in [6.45, 7) is 2.16. The van der Waals surface area contributed by atoms with Crippen LogP contribution in [-0.4, -0.2) is 29.9 Å². The van der Waals surface area contributed by atoms with Crippen molar-refractivity contribution in [2.45, 2.75) is 13.1 Å². The summed E-state index contributed by atoms with van der Waals surface area (Å²) < 4.78 is 4.87. The second kappa shape index (κ2) is 3.53. The van der Waals surface area contributed by atoms with Gasteiger partial charge in [0.1, 0.15) is 11.9 Å². The van der Waals surface area contributed by atoms with Crippen LogP contribution in [0.1, 0.15) is 6.92 Å². The maximum atomic E-state index is 11.3. The highest BCUT2D eigenvalue weighted by molar-refractivity contribution is 5.89. The Morgan fingerprint density at radius 1 is 1.79 bits per heavy atom. The molecule has 0 radical (unpaired) electrons. The van der Waals surface area contributed by atoms with Gasteiger partial charge in [-0.1, -0.05) is 0 Å². The van der Waals surface area contributed by atoms with Crippen LogP contribution in [0, 0.1) is 0 Å². The predicted molar refractivity (Wildman–Crippen MR) is 51.1 cm³/mol. The van der Waals surface area contributed by atoms with Gasteiger partial charge in [-0.3, -0.25) is 4.99 Å². The van der Waals surface area contributed by atoms with Gasteiger partial charge in [0.15, 0.2) is 0 Å². The molecule has 0 aromatic carbocycles. The molecule has 2 heterocycles. The molecular formula is C9H11N3O2. The zero-order valence-corrected chi connectivity index (χ0v) is 7.80. The van der Waals surface area contributed by atoms with E-state index in [1.54, 1.807) is 31.7 Å². The van der Waals surface area contributed by atoms with Crippen molar-refractivity contribution >= 4 is 12.2 Å². The number of fused-ring (bicyclic) bond motifs is 1. The SMILES string of the molecule is CCOC(=O)C1=CN2C=CN=CC2N1. The van der Waals surface area contributed by atoms with Crippen LogP contribution in [-0.2, 0) is 9.53 Å². The molecule has 0 bridgehead atoms. The molecule has 1 atom stereocenters. The Hall–Kier alpha value is -1.78. The molecule has 0 aliphatic carbocycles. The molecule has 74 valence electrons. The lowest BCUT2D eigenvalue weighted by Crippen LogP contribution is -2.36. The number of aliphatic imine (C=N–C) groups is 1. The minimum Gasteiger partial charge on any atom is -0.461 e. The standard InChI is InChI=1S/C9H11N3O2/c1-2-14-9(13)7-6-12-4-3-10-5-8(12)11-7/h3-6,8,11H,2H2,1H3. The van der Waals surface area contributed by atoms with Crippen LogP contribution in [0.2, 0.25) is 0 Å². The molecule has 5 heteroatoms. The van der Waals surface area contributed by atoms with Crippen molar-refractivity contribution in [1.29, 1.82) is 0 Å². The zero-order valence-electron chi connectivity index (χ0n) is 7.80. The first-order valence-corrected chi connectivity index (χ1v) is 4.44. The number of carbonyl (C=O) groups is 1. The van der Waals surface area contributed by atoms with Crippen LogP contribution in [0.25, 0.3) is 0 Å². The Morgan fingerprint density at radius 3 is 3.36 bits per heavy atom. The van der Waals surface area contributed by atoms with Crippen LogP contribution in [0.3, 0.4) is 0 Å². The number of ether oxygens (including phenoxy) is 1. The fourth-order valence-corrected chi connectivity index (χ4v) is 1.32. The molecule has 2 aliphatic rings. The van der Waals surface area contributed by atoms with Gasteiger partial charge in [-0.2, -0.15) is 0 Å². The van der Waals surface area contributed by atoms with Gasteiger partial charge >= 0.3 is 5.97 Å². The molecule has 1 N–H and O–H groups in total. The van der Waals surface area contributed by atoms with Gasteiger partial charge in [-0.05, 0) is 6.92 Å². The molecule has 0 aromatic heterocycles. The molecule has 0 amide bonds. The second-order valence-electron chi connectivity index (χ2n) is 2.90. The van der Waals surface area contributed by atoms with Gasteiger partial charge in [0.25, 0.3) is 0 Å². The largest absolute Gasteiger partial charge is 0.461 e. The van der Waals surface area contributed by atoms with E-state index in [9.17, 15) is 4.79 Å². The Balaban J connectivity index is 2.07. The van der Waals surface area contributed by atoms with Gasteiger partial charge < -0.3 is 15.0 Å². The predicted octanol–water partition coefficient (Wildman–Crippen LogP) is 0.178. The topological polar surface area (TPSA) is 53.9 Å². The number of nitrogens with zero attached hydrogens (tertiary/aromatic N) is 2. The third-order valence-corrected chi connectivity index (χ3v) is 1.95. The number of carbonyl (C=O) groups excluding carboxylic acids is 1. The third-order valence-electron chi connectivity index (χ3n) is 1.95. The average molecular weight is 193 g/mol. The molecule has 2 aliphatic heterocycles. The minimum atomic E-state index is -0.330. The number of esters is 1. The number of nitrogens with one attached hydrogen (secondary N) is 1. The first-order valence-electron chi connectivity index (χ1n) is 4.44. The number of rotatable bonds is 2. The average Bonchev–Trinajstić information content (AvgIpc) is 2.61. The van der Waals surface area contributed by atoms with E-state index in [0.29, 0.717) is 12.3 Å². The van der Waals surface area contributed by atoms with Gasteiger partial charge in [-0.15, -0.1) is 0 Å². The molecule has 0 saturated carbocycles. The molecule has 0 saturated heterocycles. The molecule has 0 aromatic rings. The summed E-state index contributed by atoms with van der Waals surface area (Å²) in [5.74, 6) is -0.330. The van der Waals surface area contributed by atoms with Crippen LogP contribution < -0.4 is 5.32 Å². The zero-order chi connectivity index (χ0) is 9.97. The summed E-state index contributed by atoms with van der Waals surface area (Å²) in [5.41, 5.74) is 0.467. The molecule has 0 spiro atoms. The molecule has 2 rings (SSSR count). The second-order valence-corrected chi connectivity index (χ2v) is 2.90. The maximum Gasteiger partial charge on any atom is 0.355 e. The van der Waals surface area contributed by atoms with E-state index >= 15 is 0 Å². The Kier molecular flexibility index (Phi) is 2.22. The fourth-order valence-electron chi connectivity index (χ4n) is 1.32. The molecule has 5 nitrogen and oxygen atoms in total. The smallest absolute Gasteiger partial charge is 0.355 e. The monoisotopic (exact) mass is 193 g/mol. The lowest BCUT2D eigenvalue weighted by molar-refractivity contribution is -0.138. The number of hydrogen-bond donors (Lipinski definition) is 1. The van der Waals surface area contributed by atoms with Gasteiger partial charge in [0, 0.05) is 24.8 Å². The van der Waals surface area contributed by atoms with E-state index in [-0.39, 0.29) is 12.1 Å². The maximum absolute atomic E-state index is 11.3. The Bertz CT molecular complexity index is 333. The minimum absolute atomic E-state index is 0.0561. The van der Waals surface area contributed by atoms with E-state index < -0.39 is 0 Å². The van der Waals surface area contributed by atoms with Crippen LogP contribution >= 0.6 is 0 Å². The van der Waals surface area contributed by atoms with Crippen LogP contribution in [0.4, 0.5) is 0 Å². The fraction of sp³-hybridized carbons (Fsp3) is 0.333. The summed E-state index contributed by atoms with van der Waals surface area (Å²) in [6.07, 6.45) is 6.85. The first kappa shape index (κ1) is 8.80. The Labute approximate surface area is 81.7 Å². The van der Waals surface area contributed by atoms with Crippen LogP contribution in [0.5, 0.6) is 0 Å². The van der Waals surface area contributed by atoms with Gasteiger partial charge in [0.2, 0.25) is 0 Å². The van der Waals surface area contributed by atoms with E-state index in [2.05, 4.69) is 10.3 Å². The van der Waals surface area contributed by atoms with E-state index in [1.807, 2.05) is 4.90 Å². The summed E-state index contributed by atoms with van der Waals surface area (Å²) in [6, 6.07) is 0. The van der Waals surface area contributed by atoms with Crippen LogP contribution in [0.15, 0.2) is 29.3 Å². The van der Waals surface area contributed by atoms with E-state index in [4.69, 9.17) is 4.74 Å². The normalized spacial score (nSPS) is 22.8. The third kappa shape index (κ3) is 1.48. The Morgan fingerprint density at radius 2 is 2.64 bits per heavy atom. The highest BCUT2D eigenvalue weighted by Crippen LogP contribution is 2.13. The lowest BCUT2D eigenvalue weighted by Gasteiger charge is -2.19. The van der Waals surface area contributed by atoms with Gasteiger partial charge in [0.05, 0.1) is 6.61 Å². The quantitative estimate of drug-likeness (QED) is 0.635. The summed E-state index contributed by atoms with van der Waals surface area (Å²) in [5, 5.41) is 2.99. The first-order chi connectivity index (χ1) is 6.81. The summed E-state index contributed by atoms with van der Waals surface area (Å²) in [4.78, 5) is 17.2. The highest BCUT2D eigenvalue weighted by Gasteiger charge is 2.26. The molecule has 14 heavy (non-hydrogen) atoms. The molecular weight excluding hydrogens is 182 g/mol. The van der Waals surface area contributed by atoms with Crippen molar-refractivity contribution in [2.24, 2.45) is 4.99 Å².